The highest BCUT2D eigenvalue weighted by Crippen LogP contribution is 2.26. The summed E-state index contributed by atoms with van der Waals surface area (Å²) in [5.41, 5.74) is 5.61. The van der Waals surface area contributed by atoms with Crippen LogP contribution in [0.4, 0.5) is 0 Å². The predicted octanol–water partition coefficient (Wildman–Crippen LogP) is 1.04. The molecule has 1 rings (SSSR count). The molecule has 0 aromatic carbocycles. The van der Waals surface area contributed by atoms with Crippen LogP contribution in [0.1, 0.15) is 26.2 Å². The zero-order chi connectivity index (χ0) is 10.7. The Morgan fingerprint density at radius 1 is 1.50 bits per heavy atom. The first-order valence-corrected chi connectivity index (χ1v) is 8.02. The van der Waals surface area contributed by atoms with Gasteiger partial charge in [-0.15, -0.1) is 0 Å². The lowest BCUT2D eigenvalue weighted by molar-refractivity contribution is 0.438. The Bertz CT molecular complexity index is 277. The summed E-state index contributed by atoms with van der Waals surface area (Å²) in [5.74, 6) is 2.69. The van der Waals surface area contributed by atoms with E-state index in [9.17, 15) is 8.42 Å². The van der Waals surface area contributed by atoms with Gasteiger partial charge in [0.25, 0.3) is 0 Å². The fourth-order valence-electron chi connectivity index (χ4n) is 1.81. The molecule has 1 aliphatic rings. The van der Waals surface area contributed by atoms with Crippen molar-refractivity contribution in [2.75, 3.05) is 23.0 Å². The smallest absolute Gasteiger partial charge is 0.152 e. The standard InChI is InChI=1S/C9H19NO2S2/c1-2-13-6-3-4-9(10)5-7-14(11,12)8-9/h2-8,10H2,1H3. The van der Waals surface area contributed by atoms with Gasteiger partial charge in [0.1, 0.15) is 0 Å². The lowest BCUT2D eigenvalue weighted by atomic mass is 9.95. The van der Waals surface area contributed by atoms with Crippen LogP contribution in [-0.4, -0.2) is 37.0 Å². The molecule has 1 saturated heterocycles. The van der Waals surface area contributed by atoms with Crippen LogP contribution in [0.25, 0.3) is 0 Å². The highest BCUT2D eigenvalue weighted by atomic mass is 32.2. The third-order valence-corrected chi connectivity index (χ3v) is 5.41. The molecule has 0 aromatic rings. The van der Waals surface area contributed by atoms with Crippen molar-refractivity contribution < 1.29 is 8.42 Å². The SMILES string of the molecule is CCSCCCC1(N)CCS(=O)(=O)C1. The molecule has 0 aromatic heterocycles. The van der Waals surface area contributed by atoms with Crippen molar-refractivity contribution in [3.63, 3.8) is 0 Å². The quantitative estimate of drug-likeness (QED) is 0.726. The van der Waals surface area contributed by atoms with Crippen molar-refractivity contribution in [2.45, 2.75) is 31.7 Å². The molecule has 1 heterocycles. The topological polar surface area (TPSA) is 60.2 Å². The van der Waals surface area contributed by atoms with Crippen LogP contribution in [-0.2, 0) is 9.84 Å². The van der Waals surface area contributed by atoms with Crippen LogP contribution in [0.3, 0.4) is 0 Å². The van der Waals surface area contributed by atoms with Gasteiger partial charge in [0, 0.05) is 5.54 Å². The van der Waals surface area contributed by atoms with Gasteiger partial charge in [0.2, 0.25) is 0 Å². The Morgan fingerprint density at radius 2 is 2.21 bits per heavy atom. The first kappa shape index (κ1) is 12.3. The molecule has 84 valence electrons. The van der Waals surface area contributed by atoms with Gasteiger partial charge in [-0.3, -0.25) is 0 Å². The lowest BCUT2D eigenvalue weighted by Crippen LogP contribution is -2.40. The monoisotopic (exact) mass is 237 g/mol. The van der Waals surface area contributed by atoms with Crippen LogP contribution >= 0.6 is 11.8 Å². The summed E-state index contributed by atoms with van der Waals surface area (Å²) in [6, 6.07) is 0. The summed E-state index contributed by atoms with van der Waals surface area (Å²) in [6.45, 7) is 2.13. The van der Waals surface area contributed by atoms with Gasteiger partial charge in [-0.25, -0.2) is 8.42 Å². The van der Waals surface area contributed by atoms with Crippen LogP contribution < -0.4 is 5.73 Å². The van der Waals surface area contributed by atoms with Gasteiger partial charge >= 0.3 is 0 Å². The van der Waals surface area contributed by atoms with Gasteiger partial charge in [-0.05, 0) is 30.8 Å². The number of sulfone groups is 1. The summed E-state index contributed by atoms with van der Waals surface area (Å²) in [7, 11) is -2.83. The van der Waals surface area contributed by atoms with E-state index in [2.05, 4.69) is 6.92 Å². The van der Waals surface area contributed by atoms with Crippen molar-refractivity contribution in [1.82, 2.24) is 0 Å². The van der Waals surface area contributed by atoms with Crippen LogP contribution in [0.5, 0.6) is 0 Å². The van der Waals surface area contributed by atoms with E-state index in [-0.39, 0.29) is 11.5 Å². The van der Waals surface area contributed by atoms with Crippen molar-refractivity contribution in [3.05, 3.63) is 0 Å². The number of hydrogen-bond acceptors (Lipinski definition) is 4. The summed E-state index contributed by atoms with van der Waals surface area (Å²) >= 11 is 1.89. The van der Waals surface area contributed by atoms with Gasteiger partial charge in [0.15, 0.2) is 9.84 Å². The molecule has 0 aliphatic carbocycles. The molecule has 1 fully saturated rings. The predicted molar refractivity (Wildman–Crippen MR) is 62.4 cm³/mol. The van der Waals surface area contributed by atoms with E-state index in [0.29, 0.717) is 6.42 Å². The molecule has 2 N–H and O–H groups in total. The van der Waals surface area contributed by atoms with Gasteiger partial charge in [-0.1, -0.05) is 6.92 Å². The zero-order valence-corrected chi connectivity index (χ0v) is 10.3. The summed E-state index contributed by atoms with van der Waals surface area (Å²) in [5, 5.41) is 0. The van der Waals surface area contributed by atoms with E-state index in [1.165, 1.54) is 0 Å². The zero-order valence-electron chi connectivity index (χ0n) is 8.66. The van der Waals surface area contributed by atoms with E-state index in [1.807, 2.05) is 11.8 Å². The second-order valence-electron chi connectivity index (χ2n) is 4.00. The third kappa shape index (κ3) is 3.79. The van der Waals surface area contributed by atoms with E-state index in [1.54, 1.807) is 0 Å². The highest BCUT2D eigenvalue weighted by Gasteiger charge is 2.38. The number of thioether (sulfide) groups is 1. The minimum atomic E-state index is -2.83. The largest absolute Gasteiger partial charge is 0.324 e. The molecule has 5 heteroatoms. The maximum absolute atomic E-state index is 11.2. The van der Waals surface area contributed by atoms with E-state index in [0.717, 1.165) is 24.3 Å². The molecule has 0 spiro atoms. The molecule has 14 heavy (non-hydrogen) atoms. The molecule has 0 bridgehead atoms. The molecule has 0 saturated carbocycles. The Hall–Kier alpha value is 0.260. The molecule has 1 aliphatic heterocycles. The van der Waals surface area contributed by atoms with Crippen LogP contribution in [0.2, 0.25) is 0 Å². The molecular weight excluding hydrogens is 218 g/mol. The first-order chi connectivity index (χ1) is 6.47. The number of rotatable bonds is 5. The van der Waals surface area contributed by atoms with Crippen molar-refractivity contribution in [3.8, 4) is 0 Å². The molecule has 1 unspecified atom stereocenters. The van der Waals surface area contributed by atoms with Gasteiger partial charge < -0.3 is 5.73 Å². The van der Waals surface area contributed by atoms with Crippen molar-refractivity contribution >= 4 is 21.6 Å². The Labute approximate surface area is 90.7 Å². The van der Waals surface area contributed by atoms with Crippen molar-refractivity contribution in [2.24, 2.45) is 5.73 Å². The van der Waals surface area contributed by atoms with Crippen LogP contribution in [0.15, 0.2) is 0 Å². The average Bonchev–Trinajstić information content (AvgIpc) is 2.36. The minimum absolute atomic E-state index is 0.191. The van der Waals surface area contributed by atoms with E-state index in [4.69, 9.17) is 5.73 Å². The fraction of sp³-hybridized carbons (Fsp3) is 1.00. The minimum Gasteiger partial charge on any atom is -0.324 e. The van der Waals surface area contributed by atoms with E-state index < -0.39 is 15.4 Å². The molecule has 3 nitrogen and oxygen atoms in total. The first-order valence-electron chi connectivity index (χ1n) is 5.04. The van der Waals surface area contributed by atoms with Gasteiger partial charge in [-0.2, -0.15) is 11.8 Å². The maximum Gasteiger partial charge on any atom is 0.152 e. The molecular formula is C9H19NO2S2. The average molecular weight is 237 g/mol. The Kier molecular flexibility index (Phi) is 4.28. The maximum atomic E-state index is 11.2. The second kappa shape index (κ2) is 4.86. The molecule has 0 radical (unpaired) electrons. The number of nitrogens with two attached hydrogens (primary N) is 1. The summed E-state index contributed by atoms with van der Waals surface area (Å²) < 4.78 is 22.5. The molecule has 0 amide bonds. The Morgan fingerprint density at radius 3 is 2.71 bits per heavy atom. The van der Waals surface area contributed by atoms with Crippen LogP contribution in [0, 0.1) is 0 Å². The van der Waals surface area contributed by atoms with E-state index >= 15 is 0 Å². The normalized spacial score (nSPS) is 30.7. The Balaban J connectivity index is 2.30. The van der Waals surface area contributed by atoms with Gasteiger partial charge in [0.05, 0.1) is 11.5 Å². The third-order valence-electron chi connectivity index (χ3n) is 2.59. The number of hydrogen-bond donors (Lipinski definition) is 1. The lowest BCUT2D eigenvalue weighted by Gasteiger charge is -2.21. The van der Waals surface area contributed by atoms with Crippen molar-refractivity contribution in [1.29, 1.82) is 0 Å². The summed E-state index contributed by atoms with van der Waals surface area (Å²) in [6.07, 6.45) is 2.52. The second-order valence-corrected chi connectivity index (χ2v) is 7.58. The summed E-state index contributed by atoms with van der Waals surface area (Å²) in [4.78, 5) is 0. The fourth-order valence-corrected chi connectivity index (χ4v) is 4.47. The molecule has 1 atom stereocenters. The highest BCUT2D eigenvalue weighted by molar-refractivity contribution is 7.99.